The smallest absolute Gasteiger partial charge is 0.149 e. The van der Waals surface area contributed by atoms with Crippen LogP contribution in [0.25, 0.3) is 116 Å². The molecule has 0 saturated carbocycles. The van der Waals surface area contributed by atoms with Crippen molar-refractivity contribution in [1.29, 1.82) is 0 Å². The lowest BCUT2D eigenvalue weighted by molar-refractivity contribution is 0.446. The normalized spacial score (nSPS) is 12.7. The minimum Gasteiger partial charge on any atom is -0.507 e. The van der Waals surface area contributed by atoms with Crippen LogP contribution in [-0.2, 0) is 21.7 Å². The molecule has 6 heteroatoms. The Bertz CT molecular complexity index is 4150. The molecule has 12 rings (SSSR count). The zero-order valence-corrected chi connectivity index (χ0v) is 47.2. The predicted molar refractivity (Wildman–Crippen MR) is 326 cm³/mol. The van der Waals surface area contributed by atoms with E-state index < -0.39 is 0 Å². The summed E-state index contributed by atoms with van der Waals surface area (Å²) >= 11 is 1.79. The van der Waals surface area contributed by atoms with Gasteiger partial charge in [0.1, 0.15) is 17.9 Å². The topological polar surface area (TPSA) is 63.8 Å². The monoisotopic (exact) mass is 1020 g/mol. The fourth-order valence-corrected chi connectivity index (χ4v) is 12.6. The summed E-state index contributed by atoms with van der Waals surface area (Å²) in [6.45, 7) is 26.9. The third-order valence-corrected chi connectivity index (χ3v) is 16.8. The fourth-order valence-electron chi connectivity index (χ4n) is 11.3. The maximum atomic E-state index is 12.7. The van der Waals surface area contributed by atoms with Crippen LogP contribution in [0.5, 0.6) is 5.75 Å². The van der Waals surface area contributed by atoms with Crippen molar-refractivity contribution in [2.24, 2.45) is 0 Å². The molecule has 0 atom stereocenters. The molecule has 8 aromatic carbocycles. The lowest BCUT2D eigenvalue weighted by Gasteiger charge is -2.28. The van der Waals surface area contributed by atoms with Crippen molar-refractivity contribution in [2.75, 3.05) is 0 Å². The number of nitrogens with zero attached hydrogens (tertiary/aromatic N) is 4. The molecule has 3 aromatic heterocycles. The van der Waals surface area contributed by atoms with Gasteiger partial charge < -0.3 is 5.11 Å². The maximum absolute atomic E-state index is 12.7. The number of rotatable bonds is 5. The number of aromatic nitrogens is 4. The van der Waals surface area contributed by atoms with Gasteiger partial charge in [-0.3, -0.25) is 4.57 Å². The zero-order chi connectivity index (χ0) is 53.9. The Morgan fingerprint density at radius 1 is 0.416 bits per heavy atom. The lowest BCUT2D eigenvalue weighted by Crippen LogP contribution is -2.17. The van der Waals surface area contributed by atoms with Crippen LogP contribution in [0.1, 0.15) is 105 Å². The highest BCUT2D eigenvalue weighted by Crippen LogP contribution is 2.54. The van der Waals surface area contributed by atoms with E-state index in [-0.39, 0.29) is 27.4 Å². The summed E-state index contributed by atoms with van der Waals surface area (Å²) in [5.74, 6) is 0.936. The minimum absolute atomic E-state index is 0.0944. The summed E-state index contributed by atoms with van der Waals surface area (Å²) < 4.78 is 3.35. The first-order chi connectivity index (χ1) is 36.6. The molecule has 77 heavy (non-hydrogen) atoms. The molecule has 1 aliphatic carbocycles. The van der Waals surface area contributed by atoms with Crippen molar-refractivity contribution in [3.8, 4) is 100 Å². The van der Waals surface area contributed by atoms with Gasteiger partial charge in [0.15, 0.2) is 0 Å². The highest BCUT2D eigenvalue weighted by atomic mass is 32.1. The number of hydrogen-bond acceptors (Lipinski definition) is 5. The highest BCUT2D eigenvalue weighted by molar-refractivity contribution is 7.23. The van der Waals surface area contributed by atoms with Crippen LogP contribution < -0.4 is 0 Å². The van der Waals surface area contributed by atoms with Crippen LogP contribution in [-0.4, -0.2) is 24.6 Å². The number of imidazole rings is 1. The van der Waals surface area contributed by atoms with Gasteiger partial charge in [-0.2, -0.15) is 0 Å². The van der Waals surface area contributed by atoms with Crippen molar-refractivity contribution < 1.29 is 5.11 Å². The summed E-state index contributed by atoms with van der Waals surface area (Å²) in [7, 11) is 0. The Morgan fingerprint density at radius 3 is 1.60 bits per heavy atom. The first-order valence-corrected chi connectivity index (χ1v) is 27.8. The molecule has 0 unspecified atom stereocenters. The van der Waals surface area contributed by atoms with Gasteiger partial charge in [-0.25, -0.2) is 15.0 Å². The number of fused-ring (bicyclic) bond motifs is 11. The van der Waals surface area contributed by atoms with Crippen LogP contribution in [0.15, 0.2) is 176 Å². The average molecular weight is 1020 g/mol. The molecule has 0 spiro atoms. The third-order valence-electron chi connectivity index (χ3n) is 15.6. The molecular weight excluding hydrogens is 957 g/mol. The Kier molecular flexibility index (Phi) is 11.7. The summed E-state index contributed by atoms with van der Waals surface area (Å²) in [4.78, 5) is 17.4. The molecule has 5 nitrogen and oxygen atoms in total. The van der Waals surface area contributed by atoms with Crippen LogP contribution in [0.3, 0.4) is 0 Å². The van der Waals surface area contributed by atoms with Gasteiger partial charge in [0.2, 0.25) is 0 Å². The summed E-state index contributed by atoms with van der Waals surface area (Å²) in [5.41, 5.74) is 22.5. The van der Waals surface area contributed by atoms with Crippen LogP contribution in [0.2, 0.25) is 0 Å². The Morgan fingerprint density at radius 2 is 0.961 bits per heavy atom. The van der Waals surface area contributed by atoms with Crippen molar-refractivity contribution in [3.63, 3.8) is 0 Å². The van der Waals surface area contributed by atoms with Gasteiger partial charge in [-0.15, -0.1) is 11.3 Å². The van der Waals surface area contributed by atoms with E-state index in [1.165, 1.54) is 49.4 Å². The SMILES string of the molecule is CC(C)(C)c1cc(-c2cccc3c2nc(-c2cc(C(C)(C)C)cc(C(C)(C)C)c2O)n3-c2ccc(C(C)(C)C)cc2-c2ccccc2)cc(-c2ncnc3c4c(sc23)-c2ccccc2-c2ccccc2-c2ccccc2-4)c1. The molecule has 0 aliphatic heterocycles. The number of aromatic hydroxyl groups is 1. The van der Waals surface area contributed by atoms with Gasteiger partial charge >= 0.3 is 0 Å². The van der Waals surface area contributed by atoms with Gasteiger partial charge in [0.25, 0.3) is 0 Å². The molecule has 382 valence electrons. The minimum atomic E-state index is -0.347. The van der Waals surface area contributed by atoms with E-state index in [1.807, 2.05) is 0 Å². The number of phenols is 1. The van der Waals surface area contributed by atoms with E-state index in [9.17, 15) is 5.11 Å². The predicted octanol–water partition coefficient (Wildman–Crippen LogP) is 19.6. The van der Waals surface area contributed by atoms with Crippen molar-refractivity contribution >= 4 is 32.6 Å². The molecule has 0 fully saturated rings. The summed E-state index contributed by atoms with van der Waals surface area (Å²) in [6, 6.07) is 61.8. The Hall–Kier alpha value is -7.93. The van der Waals surface area contributed by atoms with Crippen LogP contribution in [0, 0.1) is 0 Å². The summed E-state index contributed by atoms with van der Waals surface area (Å²) in [5, 5.41) is 12.7. The third kappa shape index (κ3) is 8.58. The molecule has 11 aromatic rings. The van der Waals surface area contributed by atoms with Crippen LogP contribution in [0.4, 0.5) is 0 Å². The number of benzene rings is 8. The quantitative estimate of drug-likeness (QED) is 0.187. The highest BCUT2D eigenvalue weighted by Gasteiger charge is 2.32. The van der Waals surface area contributed by atoms with Gasteiger partial charge in [-0.1, -0.05) is 217 Å². The fraction of sp³-hybridized carbons (Fsp3) is 0.225. The molecule has 0 saturated heterocycles. The Labute approximate surface area is 458 Å². The molecule has 1 aliphatic rings. The Balaban J connectivity index is 1.14. The second-order valence-corrected chi connectivity index (χ2v) is 26.1. The first-order valence-electron chi connectivity index (χ1n) is 27.0. The number of hydrogen-bond donors (Lipinski definition) is 1. The number of thiophene rings is 1. The molecule has 0 amide bonds. The van der Waals surface area contributed by atoms with Crippen molar-refractivity contribution in [1.82, 2.24) is 19.5 Å². The van der Waals surface area contributed by atoms with Crippen molar-refractivity contribution in [2.45, 2.75) is 105 Å². The standard InChI is InChI=1S/C71H66N4OS/c1-68(2,3)45-33-34-58(55(38-45)42-23-14-13-15-24-42)75-59-32-22-31-48(62(59)74-67(75)56-39-47(70(7,8)9)40-57(64(56)76)71(10,11)12)43-35-44(37-46(36-43)69(4,5)6)61-66-63(73-41-72-61)60-53-29-20-18-27-51(53)49-25-16-17-26-50(49)52-28-19-21-30-54(52)65(60)77-66/h13-41,76H,1-12H3. The molecule has 3 heterocycles. The summed E-state index contributed by atoms with van der Waals surface area (Å²) in [6.07, 6.45) is 1.75. The second-order valence-electron chi connectivity index (χ2n) is 25.1. The van der Waals surface area contributed by atoms with E-state index in [4.69, 9.17) is 15.0 Å². The van der Waals surface area contributed by atoms with E-state index in [1.54, 1.807) is 17.7 Å². The second kappa shape index (κ2) is 18.1. The molecule has 0 radical (unpaired) electrons. The van der Waals surface area contributed by atoms with Crippen molar-refractivity contribution in [3.05, 3.63) is 198 Å². The largest absolute Gasteiger partial charge is 0.507 e. The van der Waals surface area contributed by atoms with Gasteiger partial charge in [0, 0.05) is 38.3 Å². The first kappa shape index (κ1) is 49.9. The lowest BCUT2D eigenvalue weighted by atomic mass is 9.79. The van der Waals surface area contributed by atoms with Gasteiger partial charge in [-0.05, 0) is 114 Å². The maximum Gasteiger partial charge on any atom is 0.149 e. The van der Waals surface area contributed by atoms with Crippen LogP contribution >= 0.6 is 11.3 Å². The zero-order valence-electron chi connectivity index (χ0n) is 46.4. The van der Waals surface area contributed by atoms with E-state index in [0.29, 0.717) is 11.4 Å². The molecular formula is C71H66N4OS. The van der Waals surface area contributed by atoms with Gasteiger partial charge in [0.05, 0.1) is 38.2 Å². The van der Waals surface area contributed by atoms with E-state index in [0.717, 1.165) is 77.1 Å². The molecule has 0 bridgehead atoms. The molecule has 1 N–H and O–H groups in total. The van der Waals surface area contributed by atoms with E-state index in [2.05, 4.69) is 258 Å². The van der Waals surface area contributed by atoms with E-state index >= 15 is 0 Å². The average Bonchev–Trinajstić information content (AvgIpc) is 4.23. The number of para-hydroxylation sites is 1. The number of phenolic OH excluding ortho intramolecular Hbond substituents is 1.